The van der Waals surface area contributed by atoms with Gasteiger partial charge >= 0.3 is 5.97 Å². The molecule has 0 aliphatic heterocycles. The molecule has 3 aromatic rings. The fraction of sp³-hybridized carbons (Fsp3) is 0.143. The van der Waals surface area contributed by atoms with Gasteiger partial charge in [0.05, 0.1) is 5.69 Å². The van der Waals surface area contributed by atoms with Gasteiger partial charge in [-0.1, -0.05) is 6.92 Å². The summed E-state index contributed by atoms with van der Waals surface area (Å²) in [7, 11) is 0. The average Bonchev–Trinajstić information content (AvgIpc) is 2.93. The molecule has 3 heterocycles. The summed E-state index contributed by atoms with van der Waals surface area (Å²) in [6.45, 7) is 1.90. The van der Waals surface area contributed by atoms with E-state index in [1.807, 2.05) is 13.0 Å². The van der Waals surface area contributed by atoms with Crippen LogP contribution in [-0.4, -0.2) is 30.7 Å². The van der Waals surface area contributed by atoms with Gasteiger partial charge < -0.3 is 10.1 Å². The van der Waals surface area contributed by atoms with Gasteiger partial charge in [-0.25, -0.2) is 4.79 Å². The average molecular weight is 321 g/mol. The van der Waals surface area contributed by atoms with Crippen LogP contribution in [0, 0.1) is 0 Å². The van der Waals surface area contributed by atoms with Crippen LogP contribution in [0.2, 0.25) is 0 Å². The summed E-state index contributed by atoms with van der Waals surface area (Å²) < 4.78 is 1.73. The molecule has 7 nitrogen and oxygen atoms in total. The minimum absolute atomic E-state index is 0. The van der Waals surface area contributed by atoms with E-state index in [2.05, 4.69) is 15.2 Å². The maximum atomic E-state index is 11.9. The molecule has 0 spiro atoms. The third-order valence-electron chi connectivity index (χ3n) is 3.31. The number of carboxylic acid groups (broad SMARTS) is 1. The molecular weight excluding hydrogens is 308 g/mol. The molecule has 0 aliphatic carbocycles. The summed E-state index contributed by atoms with van der Waals surface area (Å²) in [5.41, 5.74) is 1.98. The number of aryl methyl sites for hydroxylation is 1. The number of carboxylic acids is 1. The van der Waals surface area contributed by atoms with Crippen LogP contribution < -0.4 is 5.56 Å². The molecule has 0 fully saturated rings. The molecule has 2 N–H and O–H groups in total. The van der Waals surface area contributed by atoms with Gasteiger partial charge in [-0.15, -0.1) is 22.6 Å². The monoisotopic (exact) mass is 320 g/mol. The largest absolute Gasteiger partial charge is 0.477 e. The number of rotatable bonds is 3. The molecule has 0 radical (unpaired) electrons. The quantitative estimate of drug-likeness (QED) is 0.766. The van der Waals surface area contributed by atoms with Gasteiger partial charge in [0.2, 0.25) is 0 Å². The second kappa shape index (κ2) is 5.98. The van der Waals surface area contributed by atoms with Crippen molar-refractivity contribution in [3.63, 3.8) is 0 Å². The second-order valence-electron chi connectivity index (χ2n) is 4.59. The standard InChI is InChI=1S/C14H12N4O3.ClH/c1-2-8-5-10(14(20)21)13(19)16-12(8)9-3-4-11-17-15-7-18(11)6-9;/h3-7H,2H2,1H3,(H,16,19)(H,20,21);1H. The number of halogens is 1. The van der Waals surface area contributed by atoms with E-state index in [0.717, 1.165) is 11.1 Å². The number of hydrogen-bond donors (Lipinski definition) is 2. The molecule has 8 heteroatoms. The maximum Gasteiger partial charge on any atom is 0.341 e. The lowest BCUT2D eigenvalue weighted by Gasteiger charge is -2.09. The zero-order chi connectivity index (χ0) is 15.0. The Morgan fingerprint density at radius 1 is 1.41 bits per heavy atom. The molecule has 114 valence electrons. The predicted octanol–water partition coefficient (Wildman–Crippen LogP) is 1.77. The van der Waals surface area contributed by atoms with Crippen molar-refractivity contribution in [2.75, 3.05) is 0 Å². The number of aromatic carboxylic acids is 1. The van der Waals surface area contributed by atoms with E-state index in [1.54, 1.807) is 23.0 Å². The molecule has 0 bridgehead atoms. The Morgan fingerprint density at radius 3 is 2.86 bits per heavy atom. The lowest BCUT2D eigenvalue weighted by atomic mass is 10.0. The van der Waals surface area contributed by atoms with E-state index in [1.165, 1.54) is 6.07 Å². The Hall–Kier alpha value is -2.67. The van der Waals surface area contributed by atoms with Crippen molar-refractivity contribution in [3.8, 4) is 11.3 Å². The van der Waals surface area contributed by atoms with Gasteiger partial charge in [0.1, 0.15) is 11.9 Å². The van der Waals surface area contributed by atoms with Gasteiger partial charge in [0.25, 0.3) is 5.56 Å². The van der Waals surface area contributed by atoms with Crippen molar-refractivity contribution in [1.82, 2.24) is 19.6 Å². The highest BCUT2D eigenvalue weighted by molar-refractivity contribution is 5.88. The first-order valence-electron chi connectivity index (χ1n) is 6.39. The number of nitrogens with one attached hydrogen (secondary N) is 1. The van der Waals surface area contributed by atoms with E-state index >= 15 is 0 Å². The van der Waals surface area contributed by atoms with Crippen molar-refractivity contribution in [2.24, 2.45) is 0 Å². The molecule has 22 heavy (non-hydrogen) atoms. The van der Waals surface area contributed by atoms with Crippen LogP contribution in [0.4, 0.5) is 0 Å². The summed E-state index contributed by atoms with van der Waals surface area (Å²) in [6, 6.07) is 5.02. The minimum Gasteiger partial charge on any atom is -0.477 e. The Balaban J connectivity index is 0.00000176. The molecule has 0 saturated heterocycles. The summed E-state index contributed by atoms with van der Waals surface area (Å²) in [5.74, 6) is -1.23. The van der Waals surface area contributed by atoms with Gasteiger partial charge in [0.15, 0.2) is 5.65 Å². The summed E-state index contributed by atoms with van der Waals surface area (Å²) in [6.07, 6.45) is 3.96. The predicted molar refractivity (Wildman–Crippen MR) is 82.6 cm³/mol. The molecule has 3 rings (SSSR count). The Labute approximate surface area is 131 Å². The van der Waals surface area contributed by atoms with Crippen LogP contribution >= 0.6 is 12.4 Å². The number of hydrogen-bond acceptors (Lipinski definition) is 4. The molecular formula is C14H13ClN4O3. The summed E-state index contributed by atoms with van der Waals surface area (Å²) in [4.78, 5) is 25.6. The molecule has 0 saturated carbocycles. The number of nitrogens with zero attached hydrogens (tertiary/aromatic N) is 3. The molecule has 3 aromatic heterocycles. The first-order valence-corrected chi connectivity index (χ1v) is 6.39. The van der Waals surface area contributed by atoms with E-state index in [0.29, 0.717) is 17.8 Å². The van der Waals surface area contributed by atoms with Crippen LogP contribution in [0.15, 0.2) is 35.5 Å². The fourth-order valence-electron chi connectivity index (χ4n) is 2.24. The Bertz CT molecular complexity index is 900. The highest BCUT2D eigenvalue weighted by Crippen LogP contribution is 2.21. The molecule has 0 atom stereocenters. The van der Waals surface area contributed by atoms with Crippen LogP contribution in [0.5, 0.6) is 0 Å². The lowest BCUT2D eigenvalue weighted by molar-refractivity contribution is 0.0695. The van der Waals surface area contributed by atoms with E-state index in [-0.39, 0.29) is 18.0 Å². The number of H-pyrrole nitrogens is 1. The maximum absolute atomic E-state index is 11.9. The minimum atomic E-state index is -1.23. The van der Waals surface area contributed by atoms with Crippen molar-refractivity contribution < 1.29 is 9.90 Å². The Morgan fingerprint density at radius 2 is 2.18 bits per heavy atom. The number of fused-ring (bicyclic) bond motifs is 1. The van der Waals surface area contributed by atoms with Crippen LogP contribution in [0.3, 0.4) is 0 Å². The molecule has 0 amide bonds. The fourth-order valence-corrected chi connectivity index (χ4v) is 2.24. The van der Waals surface area contributed by atoms with E-state index in [9.17, 15) is 9.59 Å². The lowest BCUT2D eigenvalue weighted by Crippen LogP contribution is -2.19. The van der Waals surface area contributed by atoms with Crippen LogP contribution in [0.25, 0.3) is 16.9 Å². The third kappa shape index (κ3) is 2.58. The van der Waals surface area contributed by atoms with Crippen LogP contribution in [0.1, 0.15) is 22.8 Å². The summed E-state index contributed by atoms with van der Waals surface area (Å²) >= 11 is 0. The normalized spacial score (nSPS) is 10.4. The third-order valence-corrected chi connectivity index (χ3v) is 3.31. The number of pyridine rings is 2. The van der Waals surface area contributed by atoms with E-state index < -0.39 is 11.5 Å². The SMILES string of the molecule is CCc1cc(C(=O)O)c(=O)[nH]c1-c1ccc2nncn2c1.Cl. The molecule has 0 aliphatic rings. The van der Waals surface area contributed by atoms with Crippen molar-refractivity contribution >= 4 is 24.0 Å². The zero-order valence-electron chi connectivity index (χ0n) is 11.6. The summed E-state index contributed by atoms with van der Waals surface area (Å²) in [5, 5.41) is 16.7. The zero-order valence-corrected chi connectivity index (χ0v) is 12.4. The van der Waals surface area contributed by atoms with Crippen molar-refractivity contribution in [1.29, 1.82) is 0 Å². The number of aromatic amines is 1. The number of carbonyl (C=O) groups is 1. The molecule has 0 unspecified atom stereocenters. The van der Waals surface area contributed by atoms with E-state index in [4.69, 9.17) is 5.11 Å². The van der Waals surface area contributed by atoms with Crippen LogP contribution in [-0.2, 0) is 6.42 Å². The van der Waals surface area contributed by atoms with Gasteiger partial charge in [-0.2, -0.15) is 0 Å². The van der Waals surface area contributed by atoms with Gasteiger partial charge in [-0.3, -0.25) is 9.20 Å². The van der Waals surface area contributed by atoms with Gasteiger partial charge in [0, 0.05) is 11.8 Å². The smallest absolute Gasteiger partial charge is 0.341 e. The number of aromatic nitrogens is 4. The first kappa shape index (κ1) is 15.7. The second-order valence-corrected chi connectivity index (χ2v) is 4.59. The molecule has 0 aromatic carbocycles. The Kier molecular flexibility index (Phi) is 4.27. The van der Waals surface area contributed by atoms with Crippen molar-refractivity contribution in [2.45, 2.75) is 13.3 Å². The van der Waals surface area contributed by atoms with Gasteiger partial charge in [-0.05, 0) is 30.2 Å². The van der Waals surface area contributed by atoms with Crippen molar-refractivity contribution in [3.05, 3.63) is 52.2 Å². The highest BCUT2D eigenvalue weighted by atomic mass is 35.5. The first-order chi connectivity index (χ1) is 10.1. The highest BCUT2D eigenvalue weighted by Gasteiger charge is 2.14. The topological polar surface area (TPSA) is 100 Å².